The maximum Gasteiger partial charge on any atom is 0.306 e. The van der Waals surface area contributed by atoms with Crippen molar-refractivity contribution < 1.29 is 28.6 Å². The van der Waals surface area contributed by atoms with Crippen molar-refractivity contribution in [1.29, 1.82) is 0 Å². The molecule has 6 nitrogen and oxygen atoms in total. The number of carbonyl (C=O) groups is 3. The van der Waals surface area contributed by atoms with E-state index < -0.39 is 6.10 Å². The molecule has 0 aromatic rings. The largest absolute Gasteiger partial charge is 0.462 e. The number of unbranched alkanes of at least 4 members (excludes halogenated alkanes) is 37. The van der Waals surface area contributed by atoms with Crippen molar-refractivity contribution >= 4 is 17.9 Å². The van der Waals surface area contributed by atoms with Gasteiger partial charge in [-0.3, -0.25) is 14.4 Å². The summed E-state index contributed by atoms with van der Waals surface area (Å²) < 4.78 is 16.9. The fourth-order valence-electron chi connectivity index (χ4n) is 9.02. The third-order valence-corrected chi connectivity index (χ3v) is 13.8. The van der Waals surface area contributed by atoms with Gasteiger partial charge in [0, 0.05) is 19.3 Å². The van der Waals surface area contributed by atoms with Gasteiger partial charge in [-0.05, 0) is 31.1 Å². The number of esters is 3. The van der Waals surface area contributed by atoms with E-state index in [2.05, 4.69) is 34.6 Å². The fourth-order valence-corrected chi connectivity index (χ4v) is 9.02. The molecule has 0 aromatic carbocycles. The van der Waals surface area contributed by atoms with E-state index in [9.17, 15) is 14.4 Å². The minimum absolute atomic E-state index is 0.0631. The van der Waals surface area contributed by atoms with Crippen LogP contribution in [0.15, 0.2) is 0 Å². The Balaban J connectivity index is 4.29. The molecule has 0 spiro atoms. The molecule has 386 valence electrons. The zero-order valence-electron chi connectivity index (χ0n) is 44.6. The van der Waals surface area contributed by atoms with Crippen LogP contribution in [0.4, 0.5) is 0 Å². The molecule has 0 aliphatic carbocycles. The molecule has 0 rings (SSSR count). The molecule has 0 aliphatic rings. The first kappa shape index (κ1) is 63.4. The van der Waals surface area contributed by atoms with E-state index in [1.54, 1.807) is 0 Å². The molecule has 0 saturated heterocycles. The minimum atomic E-state index is -0.763. The molecule has 0 bridgehead atoms. The quantitative estimate of drug-likeness (QED) is 0.0344. The van der Waals surface area contributed by atoms with Crippen molar-refractivity contribution in [3.05, 3.63) is 0 Å². The smallest absolute Gasteiger partial charge is 0.306 e. The Morgan fingerprint density at radius 3 is 0.877 bits per heavy atom. The summed E-state index contributed by atoms with van der Waals surface area (Å²) in [4.78, 5) is 38.1. The summed E-state index contributed by atoms with van der Waals surface area (Å²) in [5.74, 6) is 0.856. The van der Waals surface area contributed by atoms with Crippen molar-refractivity contribution in [1.82, 2.24) is 0 Å². The van der Waals surface area contributed by atoms with E-state index in [1.165, 1.54) is 218 Å². The highest BCUT2D eigenvalue weighted by atomic mass is 16.6. The molecule has 0 radical (unpaired) electrons. The van der Waals surface area contributed by atoms with Crippen LogP contribution in [-0.4, -0.2) is 37.2 Å². The number of rotatable bonds is 53. The molecule has 0 aromatic heterocycles. The molecule has 0 heterocycles. The van der Waals surface area contributed by atoms with E-state index >= 15 is 0 Å². The molecular weight excluding hydrogens is 805 g/mol. The Bertz CT molecular complexity index is 995. The first-order chi connectivity index (χ1) is 31.8. The summed E-state index contributed by atoms with van der Waals surface area (Å²) >= 11 is 0. The Morgan fingerprint density at radius 1 is 0.323 bits per heavy atom. The lowest BCUT2D eigenvalue weighted by atomic mass is 9.99. The van der Waals surface area contributed by atoms with Crippen molar-refractivity contribution in [2.75, 3.05) is 13.2 Å². The average molecular weight is 920 g/mol. The topological polar surface area (TPSA) is 78.9 Å². The predicted molar refractivity (Wildman–Crippen MR) is 280 cm³/mol. The summed E-state index contributed by atoms with van der Waals surface area (Å²) in [6.07, 6.45) is 55.2. The van der Waals surface area contributed by atoms with Crippen LogP contribution in [-0.2, 0) is 28.6 Å². The Kier molecular flexibility index (Phi) is 50.5. The van der Waals surface area contributed by atoms with Gasteiger partial charge in [0.05, 0.1) is 0 Å². The third kappa shape index (κ3) is 51.6. The van der Waals surface area contributed by atoms with Gasteiger partial charge in [0.25, 0.3) is 0 Å². The molecule has 0 aliphatic heterocycles. The molecular formula is C59H114O6. The van der Waals surface area contributed by atoms with Crippen LogP contribution in [0.2, 0.25) is 0 Å². The normalized spacial score (nSPS) is 12.5. The average Bonchev–Trinajstić information content (AvgIpc) is 3.29. The molecule has 0 fully saturated rings. The molecule has 0 N–H and O–H groups in total. The number of carbonyl (C=O) groups excluding carboxylic acids is 3. The van der Waals surface area contributed by atoms with E-state index in [1.807, 2.05) is 0 Å². The summed E-state index contributed by atoms with van der Waals surface area (Å²) in [6.45, 7) is 11.4. The van der Waals surface area contributed by atoms with Crippen molar-refractivity contribution in [2.45, 2.75) is 336 Å². The Hall–Kier alpha value is -1.59. The highest BCUT2D eigenvalue weighted by Gasteiger charge is 2.19. The highest BCUT2D eigenvalue weighted by molar-refractivity contribution is 5.71. The van der Waals surface area contributed by atoms with Crippen LogP contribution in [0.25, 0.3) is 0 Å². The molecule has 1 unspecified atom stereocenters. The maximum atomic E-state index is 12.9. The fraction of sp³-hybridized carbons (Fsp3) is 0.949. The zero-order chi connectivity index (χ0) is 47.5. The predicted octanol–water partition coefficient (Wildman–Crippen LogP) is 19.3. The van der Waals surface area contributed by atoms with Crippen LogP contribution in [0.3, 0.4) is 0 Å². The lowest BCUT2D eigenvalue weighted by Gasteiger charge is -2.18. The van der Waals surface area contributed by atoms with Crippen LogP contribution in [0, 0.1) is 11.8 Å². The van der Waals surface area contributed by atoms with Gasteiger partial charge in [0.15, 0.2) is 6.10 Å². The van der Waals surface area contributed by atoms with Gasteiger partial charge in [-0.1, -0.05) is 291 Å². The van der Waals surface area contributed by atoms with Crippen LogP contribution in [0.5, 0.6) is 0 Å². The van der Waals surface area contributed by atoms with E-state index in [0.717, 1.165) is 69.6 Å². The second-order valence-corrected chi connectivity index (χ2v) is 21.0. The van der Waals surface area contributed by atoms with Crippen molar-refractivity contribution in [3.8, 4) is 0 Å². The second kappa shape index (κ2) is 51.8. The monoisotopic (exact) mass is 919 g/mol. The van der Waals surface area contributed by atoms with Crippen LogP contribution < -0.4 is 0 Å². The summed E-state index contributed by atoms with van der Waals surface area (Å²) in [5, 5.41) is 0. The number of hydrogen-bond donors (Lipinski definition) is 0. The maximum absolute atomic E-state index is 12.9. The number of ether oxygens (including phenoxy) is 3. The summed E-state index contributed by atoms with van der Waals surface area (Å²) in [5.41, 5.74) is 0. The van der Waals surface area contributed by atoms with Gasteiger partial charge < -0.3 is 14.2 Å². The molecule has 6 heteroatoms. The highest BCUT2D eigenvalue weighted by Crippen LogP contribution is 2.19. The standard InChI is InChI=1S/C59H114O6/c1-6-8-9-10-11-12-13-14-15-16-17-18-19-20-23-31-36-41-46-51-59(62)65-56(52-63-57(60)49-44-39-34-29-24-21-22-27-32-37-42-47-54(3)4)53-64-58(61)50-45-40-35-30-26-25-28-33-38-43-48-55(5)7-2/h54-56H,6-53H2,1-5H3/t55?,56-/m0/s1. The molecule has 65 heavy (non-hydrogen) atoms. The third-order valence-electron chi connectivity index (χ3n) is 13.8. The van der Waals surface area contributed by atoms with Crippen molar-refractivity contribution in [3.63, 3.8) is 0 Å². The lowest BCUT2D eigenvalue weighted by molar-refractivity contribution is -0.167. The number of hydrogen-bond acceptors (Lipinski definition) is 6. The minimum Gasteiger partial charge on any atom is -0.462 e. The SMILES string of the molecule is CCCCCCCCCCCCCCCCCCCCCC(=O)O[C@@H](COC(=O)CCCCCCCCCCCCCC(C)C)COC(=O)CCCCCCCCCCCCC(C)CC. The van der Waals surface area contributed by atoms with Gasteiger partial charge in [-0.25, -0.2) is 0 Å². The molecule has 0 amide bonds. The van der Waals surface area contributed by atoms with Gasteiger partial charge in [0.2, 0.25) is 0 Å². The Morgan fingerprint density at radius 2 is 0.585 bits per heavy atom. The zero-order valence-corrected chi connectivity index (χ0v) is 44.6. The summed E-state index contributed by atoms with van der Waals surface area (Å²) in [7, 11) is 0. The van der Waals surface area contributed by atoms with Crippen LogP contribution >= 0.6 is 0 Å². The first-order valence-corrected chi connectivity index (χ1v) is 29.3. The molecule has 0 saturated carbocycles. The van der Waals surface area contributed by atoms with E-state index in [0.29, 0.717) is 19.3 Å². The van der Waals surface area contributed by atoms with Crippen LogP contribution in [0.1, 0.15) is 330 Å². The lowest BCUT2D eigenvalue weighted by Crippen LogP contribution is -2.30. The molecule has 2 atom stereocenters. The van der Waals surface area contributed by atoms with Gasteiger partial charge in [0.1, 0.15) is 13.2 Å². The van der Waals surface area contributed by atoms with Gasteiger partial charge in [-0.2, -0.15) is 0 Å². The summed E-state index contributed by atoms with van der Waals surface area (Å²) in [6, 6.07) is 0. The second-order valence-electron chi connectivity index (χ2n) is 21.0. The van der Waals surface area contributed by atoms with E-state index in [-0.39, 0.29) is 31.1 Å². The van der Waals surface area contributed by atoms with Gasteiger partial charge >= 0.3 is 17.9 Å². The van der Waals surface area contributed by atoms with E-state index in [4.69, 9.17) is 14.2 Å². The Labute approximate surface area is 406 Å². The first-order valence-electron chi connectivity index (χ1n) is 29.3. The van der Waals surface area contributed by atoms with Crippen molar-refractivity contribution in [2.24, 2.45) is 11.8 Å². The van der Waals surface area contributed by atoms with Gasteiger partial charge in [-0.15, -0.1) is 0 Å².